The molecule has 0 amide bonds. The van der Waals surface area contributed by atoms with Crippen LogP contribution in [-0.2, 0) is 15.6 Å². The third-order valence-corrected chi connectivity index (χ3v) is 7.22. The van der Waals surface area contributed by atoms with Crippen LogP contribution in [0.2, 0.25) is 0 Å². The van der Waals surface area contributed by atoms with Gasteiger partial charge in [-0.3, -0.25) is 0 Å². The molecule has 0 spiro atoms. The molecule has 1 saturated carbocycles. The molecule has 1 saturated heterocycles. The van der Waals surface area contributed by atoms with Crippen LogP contribution < -0.4 is 9.47 Å². The van der Waals surface area contributed by atoms with Crippen LogP contribution >= 0.6 is 0 Å². The topological polar surface area (TPSA) is 36.9 Å². The van der Waals surface area contributed by atoms with Gasteiger partial charge in [0, 0.05) is 23.6 Å². The Balaban J connectivity index is 1.42. The highest BCUT2D eigenvalue weighted by molar-refractivity contribution is 5.36. The van der Waals surface area contributed by atoms with Gasteiger partial charge in [0.2, 0.25) is 6.86 Å². The van der Waals surface area contributed by atoms with Crippen LogP contribution in [0.3, 0.4) is 0 Å². The van der Waals surface area contributed by atoms with Crippen molar-refractivity contribution in [1.82, 2.24) is 0 Å². The lowest BCUT2D eigenvalue weighted by Crippen LogP contribution is -2.34. The zero-order valence-electron chi connectivity index (χ0n) is 20.8. The molecular formula is C27H29F7O4. The largest absolute Gasteiger partial charge is 0.457 e. The Bertz CT molecular complexity index is 1050. The van der Waals surface area contributed by atoms with Crippen LogP contribution in [0.1, 0.15) is 62.9 Å². The molecule has 210 valence electrons. The second-order valence-corrected chi connectivity index (χ2v) is 9.78. The Hall–Kier alpha value is -2.53. The summed E-state index contributed by atoms with van der Waals surface area (Å²) in [5, 5.41) is 0. The van der Waals surface area contributed by atoms with Crippen LogP contribution in [0.4, 0.5) is 30.7 Å². The average Bonchev–Trinajstić information content (AvgIpc) is 2.86. The minimum absolute atomic E-state index is 0.130. The molecular weight excluding hydrogens is 521 g/mol. The van der Waals surface area contributed by atoms with E-state index >= 15 is 0 Å². The lowest BCUT2D eigenvalue weighted by molar-refractivity contribution is -0.215. The number of hydrogen-bond acceptors (Lipinski definition) is 4. The molecule has 1 aliphatic carbocycles. The molecule has 0 N–H and O–H groups in total. The number of ether oxygens (including phenoxy) is 4. The molecule has 2 fully saturated rings. The summed E-state index contributed by atoms with van der Waals surface area (Å²) in [6, 6.07) is 1.86. The number of benzene rings is 2. The van der Waals surface area contributed by atoms with Gasteiger partial charge in [0.1, 0.15) is 22.9 Å². The summed E-state index contributed by atoms with van der Waals surface area (Å²) in [5.41, 5.74) is -1.89. The molecule has 1 heterocycles. The molecule has 0 aromatic heterocycles. The molecule has 2 aromatic rings. The van der Waals surface area contributed by atoms with Crippen molar-refractivity contribution in [3.05, 3.63) is 58.7 Å². The Kier molecular flexibility index (Phi) is 9.07. The summed E-state index contributed by atoms with van der Waals surface area (Å²) >= 11 is 0. The van der Waals surface area contributed by atoms with E-state index in [1.807, 2.05) is 0 Å². The third kappa shape index (κ3) is 6.36. The minimum Gasteiger partial charge on any atom is -0.457 e. The summed E-state index contributed by atoms with van der Waals surface area (Å²) in [4.78, 5) is 0. The van der Waals surface area contributed by atoms with Gasteiger partial charge in [0.25, 0.3) is 0 Å². The highest BCUT2D eigenvalue weighted by Crippen LogP contribution is 2.41. The fraction of sp³-hybridized carbons (Fsp3) is 0.556. The predicted molar refractivity (Wildman–Crippen MR) is 122 cm³/mol. The maximum Gasteiger partial charge on any atom is 0.432 e. The van der Waals surface area contributed by atoms with E-state index in [1.54, 1.807) is 0 Å². The molecule has 2 aliphatic rings. The molecule has 11 heteroatoms. The van der Waals surface area contributed by atoms with Gasteiger partial charge in [-0.15, -0.1) is 0 Å². The lowest BCUT2D eigenvalue weighted by atomic mass is 9.75. The van der Waals surface area contributed by atoms with Gasteiger partial charge < -0.3 is 18.9 Å². The van der Waals surface area contributed by atoms with Gasteiger partial charge in [0.05, 0.1) is 13.2 Å². The van der Waals surface area contributed by atoms with Gasteiger partial charge in [-0.1, -0.05) is 32.6 Å². The first-order valence-corrected chi connectivity index (χ1v) is 12.6. The van der Waals surface area contributed by atoms with Crippen molar-refractivity contribution in [3.63, 3.8) is 0 Å². The van der Waals surface area contributed by atoms with Gasteiger partial charge >= 0.3 is 6.11 Å². The van der Waals surface area contributed by atoms with Crippen molar-refractivity contribution < 1.29 is 49.7 Å². The fourth-order valence-electron chi connectivity index (χ4n) is 5.33. The second-order valence-electron chi connectivity index (χ2n) is 9.78. The molecule has 0 radical (unpaired) electrons. The highest BCUT2D eigenvalue weighted by Gasteiger charge is 2.42. The standard InChI is InChI=1S/C27H29F7O4/c1-2-3-15-4-6-16(7-5-15)18-12-35-26(36-13-18)17-8-20(29)24(21(30)9-17)27(33,34)38-19-10-22(31)25(37-14-28)23(32)11-19/h8-11,15-16,18,26H,2-7,12-14H2,1H3. The third-order valence-electron chi connectivity index (χ3n) is 7.22. The fourth-order valence-corrected chi connectivity index (χ4v) is 5.33. The second kappa shape index (κ2) is 12.1. The highest BCUT2D eigenvalue weighted by atomic mass is 19.3. The van der Waals surface area contributed by atoms with Gasteiger partial charge in [0.15, 0.2) is 23.7 Å². The van der Waals surface area contributed by atoms with Crippen LogP contribution in [0, 0.1) is 41.0 Å². The van der Waals surface area contributed by atoms with Crippen molar-refractivity contribution in [2.75, 3.05) is 20.1 Å². The summed E-state index contributed by atoms with van der Waals surface area (Å²) in [5.74, 6) is -7.32. The van der Waals surface area contributed by atoms with E-state index in [9.17, 15) is 30.7 Å². The van der Waals surface area contributed by atoms with Gasteiger partial charge in [-0.05, 0) is 36.8 Å². The Morgan fingerprint density at radius 2 is 1.42 bits per heavy atom. The van der Waals surface area contributed by atoms with E-state index in [0.717, 1.165) is 38.0 Å². The number of alkyl halides is 3. The monoisotopic (exact) mass is 550 g/mol. The molecule has 38 heavy (non-hydrogen) atoms. The molecule has 4 rings (SSSR count). The van der Waals surface area contributed by atoms with Crippen molar-refractivity contribution in [2.45, 2.75) is 57.8 Å². The summed E-state index contributed by atoms with van der Waals surface area (Å²) in [6.07, 6.45) is 1.05. The van der Waals surface area contributed by atoms with Crippen molar-refractivity contribution in [3.8, 4) is 11.5 Å². The zero-order chi connectivity index (χ0) is 27.4. The maximum atomic E-state index is 14.7. The summed E-state index contributed by atoms with van der Waals surface area (Å²) < 4.78 is 118. The zero-order valence-corrected chi connectivity index (χ0v) is 20.8. The number of hydrogen-bond donors (Lipinski definition) is 0. The van der Waals surface area contributed by atoms with E-state index < -0.39 is 59.6 Å². The molecule has 0 bridgehead atoms. The maximum absolute atomic E-state index is 14.7. The normalized spacial score (nSPS) is 24.3. The number of halogens is 7. The SMILES string of the molecule is CCCC1CCC(C2COC(c3cc(F)c(C(F)(F)Oc4cc(F)c(OCF)c(F)c4)c(F)c3)OC2)CC1. The van der Waals surface area contributed by atoms with E-state index in [0.29, 0.717) is 31.3 Å². The van der Waals surface area contributed by atoms with E-state index in [1.165, 1.54) is 6.42 Å². The van der Waals surface area contributed by atoms with E-state index in [2.05, 4.69) is 16.4 Å². The first-order valence-electron chi connectivity index (χ1n) is 12.6. The first-order chi connectivity index (χ1) is 18.1. The van der Waals surface area contributed by atoms with Crippen LogP contribution in [-0.4, -0.2) is 20.1 Å². The van der Waals surface area contributed by atoms with E-state index in [4.69, 9.17) is 9.47 Å². The first kappa shape index (κ1) is 28.5. The van der Waals surface area contributed by atoms with Crippen molar-refractivity contribution in [1.29, 1.82) is 0 Å². The van der Waals surface area contributed by atoms with Crippen molar-refractivity contribution >= 4 is 0 Å². The quantitative estimate of drug-likeness (QED) is 0.297. The average molecular weight is 551 g/mol. The molecule has 0 atom stereocenters. The molecule has 4 nitrogen and oxygen atoms in total. The smallest absolute Gasteiger partial charge is 0.432 e. The minimum atomic E-state index is -4.65. The van der Waals surface area contributed by atoms with Gasteiger partial charge in [-0.25, -0.2) is 22.0 Å². The molecule has 1 aliphatic heterocycles. The van der Waals surface area contributed by atoms with E-state index in [-0.39, 0.29) is 23.6 Å². The Morgan fingerprint density at radius 3 is 1.95 bits per heavy atom. The molecule has 2 aromatic carbocycles. The van der Waals surface area contributed by atoms with Crippen LogP contribution in [0.25, 0.3) is 0 Å². The lowest BCUT2D eigenvalue weighted by Gasteiger charge is -2.38. The molecule has 0 unspecified atom stereocenters. The van der Waals surface area contributed by atoms with Gasteiger partial charge in [-0.2, -0.15) is 8.78 Å². The predicted octanol–water partition coefficient (Wildman–Crippen LogP) is 7.95. The number of rotatable bonds is 9. The van der Waals surface area contributed by atoms with Crippen LogP contribution in [0.5, 0.6) is 11.5 Å². The Morgan fingerprint density at radius 1 is 0.842 bits per heavy atom. The van der Waals surface area contributed by atoms with Crippen molar-refractivity contribution in [2.24, 2.45) is 17.8 Å². The summed E-state index contributed by atoms with van der Waals surface area (Å²) in [7, 11) is 0. The Labute approximate surface area is 216 Å². The van der Waals surface area contributed by atoms with Crippen LogP contribution in [0.15, 0.2) is 24.3 Å². The summed E-state index contributed by atoms with van der Waals surface area (Å²) in [6.45, 7) is 1.24.